The van der Waals surface area contributed by atoms with Crippen molar-refractivity contribution in [1.82, 2.24) is 25.2 Å². The number of piperazine rings is 1. The van der Waals surface area contributed by atoms with Crippen LogP contribution in [0.2, 0.25) is 0 Å². The van der Waals surface area contributed by atoms with Crippen LogP contribution in [0.5, 0.6) is 0 Å². The summed E-state index contributed by atoms with van der Waals surface area (Å²) < 4.78 is 39.6. The van der Waals surface area contributed by atoms with E-state index in [1.54, 1.807) is 6.07 Å². The molecule has 11 heteroatoms. The van der Waals surface area contributed by atoms with Crippen LogP contribution in [0.4, 0.5) is 25.1 Å². The van der Waals surface area contributed by atoms with Crippen molar-refractivity contribution >= 4 is 17.8 Å². The molecule has 0 radical (unpaired) electrons. The quantitative estimate of drug-likeness (QED) is 0.666. The van der Waals surface area contributed by atoms with Gasteiger partial charge in [-0.15, -0.1) is 0 Å². The highest BCUT2D eigenvalue weighted by atomic mass is 19.4. The van der Waals surface area contributed by atoms with Gasteiger partial charge in [-0.2, -0.15) is 28.1 Å². The van der Waals surface area contributed by atoms with E-state index in [9.17, 15) is 18.0 Å². The molecule has 190 valence electrons. The lowest BCUT2D eigenvalue weighted by molar-refractivity contribution is -0.138. The predicted octanol–water partition coefficient (Wildman–Crippen LogP) is 2.74. The van der Waals surface area contributed by atoms with Crippen molar-refractivity contribution in [3.63, 3.8) is 0 Å². The number of benzene rings is 1. The topological polar surface area (TPSA) is 77.5 Å². The van der Waals surface area contributed by atoms with Crippen LogP contribution in [-0.2, 0) is 23.9 Å². The summed E-state index contributed by atoms with van der Waals surface area (Å²) in [6.07, 6.45) is -2.57. The lowest BCUT2D eigenvalue weighted by Gasteiger charge is -2.34. The molecule has 0 spiro atoms. The maximum absolute atomic E-state index is 13.2. The Labute approximate surface area is 203 Å². The molecule has 1 N–H and O–H groups in total. The number of anilines is 2. The van der Waals surface area contributed by atoms with Crippen molar-refractivity contribution in [1.29, 1.82) is 0 Å². The first-order valence-corrected chi connectivity index (χ1v) is 12.1. The lowest BCUT2D eigenvalue weighted by atomic mass is 9.96. The number of hydrogen-bond acceptors (Lipinski definition) is 7. The highest BCUT2D eigenvalue weighted by Crippen LogP contribution is 2.32. The third-order valence-corrected chi connectivity index (χ3v) is 6.68. The fourth-order valence-electron chi connectivity index (χ4n) is 4.46. The van der Waals surface area contributed by atoms with Crippen LogP contribution >= 0.6 is 0 Å². The number of piperidine rings is 1. The van der Waals surface area contributed by atoms with Crippen LogP contribution in [-0.4, -0.2) is 72.1 Å². The van der Waals surface area contributed by atoms with E-state index >= 15 is 0 Å². The number of nitrogens with one attached hydrogen (secondary N) is 1. The SMILES string of the molecule is CCc1nc(N2CCC(C(=O)NCc3ccccc3C(F)(F)F)CC2)nc(N2CCN(C)CC2)n1. The molecular formula is C24H32F3N7O. The summed E-state index contributed by atoms with van der Waals surface area (Å²) in [5.74, 6) is 1.59. The average Bonchev–Trinajstić information content (AvgIpc) is 2.87. The summed E-state index contributed by atoms with van der Waals surface area (Å²) in [6, 6.07) is 5.33. The zero-order valence-electron chi connectivity index (χ0n) is 20.2. The largest absolute Gasteiger partial charge is 0.416 e. The van der Waals surface area contributed by atoms with Gasteiger partial charge in [0, 0.05) is 58.2 Å². The van der Waals surface area contributed by atoms with Gasteiger partial charge in [0.2, 0.25) is 17.8 Å². The van der Waals surface area contributed by atoms with Gasteiger partial charge in [-0.05, 0) is 31.5 Å². The van der Waals surface area contributed by atoms with Gasteiger partial charge in [0.25, 0.3) is 0 Å². The molecule has 0 atom stereocenters. The van der Waals surface area contributed by atoms with Gasteiger partial charge in [-0.1, -0.05) is 25.1 Å². The average molecular weight is 492 g/mol. The number of alkyl halides is 3. The molecule has 0 bridgehead atoms. The zero-order valence-corrected chi connectivity index (χ0v) is 20.2. The number of aryl methyl sites for hydroxylation is 1. The fourth-order valence-corrected chi connectivity index (χ4v) is 4.46. The molecule has 2 fully saturated rings. The Kier molecular flexibility index (Phi) is 7.73. The fraction of sp³-hybridized carbons (Fsp3) is 0.583. The molecule has 2 aliphatic heterocycles. The maximum Gasteiger partial charge on any atom is 0.416 e. The number of nitrogens with zero attached hydrogens (tertiary/aromatic N) is 6. The molecule has 4 rings (SSSR count). The van der Waals surface area contributed by atoms with Crippen molar-refractivity contribution in [2.75, 3.05) is 56.1 Å². The number of halogens is 3. The van der Waals surface area contributed by atoms with E-state index < -0.39 is 11.7 Å². The van der Waals surface area contributed by atoms with Crippen molar-refractivity contribution < 1.29 is 18.0 Å². The van der Waals surface area contributed by atoms with Gasteiger partial charge in [-0.3, -0.25) is 4.79 Å². The first-order valence-electron chi connectivity index (χ1n) is 12.1. The number of likely N-dealkylation sites (N-methyl/N-ethyl adjacent to an activating group) is 1. The Morgan fingerprint density at radius 3 is 2.17 bits per heavy atom. The molecule has 1 aromatic carbocycles. The number of amides is 1. The summed E-state index contributed by atoms with van der Waals surface area (Å²) in [6.45, 7) is 6.72. The second-order valence-corrected chi connectivity index (χ2v) is 9.13. The number of hydrogen-bond donors (Lipinski definition) is 1. The summed E-state index contributed by atoms with van der Waals surface area (Å²) in [5, 5.41) is 2.70. The van der Waals surface area contributed by atoms with Crippen LogP contribution in [0.25, 0.3) is 0 Å². The maximum atomic E-state index is 13.2. The minimum Gasteiger partial charge on any atom is -0.352 e. The molecule has 35 heavy (non-hydrogen) atoms. The van der Waals surface area contributed by atoms with E-state index in [0.717, 1.165) is 38.1 Å². The van der Waals surface area contributed by atoms with Crippen LogP contribution in [0.1, 0.15) is 36.7 Å². The normalized spacial score (nSPS) is 18.1. The van der Waals surface area contributed by atoms with E-state index in [0.29, 0.717) is 44.2 Å². The Bertz CT molecular complexity index is 1020. The minimum atomic E-state index is -4.45. The lowest BCUT2D eigenvalue weighted by Crippen LogP contribution is -2.45. The van der Waals surface area contributed by atoms with Crippen LogP contribution in [0.15, 0.2) is 24.3 Å². The number of aromatic nitrogens is 3. The Morgan fingerprint density at radius 2 is 1.57 bits per heavy atom. The molecule has 8 nitrogen and oxygen atoms in total. The molecule has 1 aromatic heterocycles. The summed E-state index contributed by atoms with van der Waals surface area (Å²) in [4.78, 5) is 33.2. The van der Waals surface area contributed by atoms with E-state index in [2.05, 4.69) is 37.0 Å². The number of carbonyl (C=O) groups is 1. The van der Waals surface area contributed by atoms with Gasteiger partial charge in [0.1, 0.15) is 5.82 Å². The molecule has 0 saturated carbocycles. The van der Waals surface area contributed by atoms with E-state index in [1.807, 2.05) is 6.92 Å². The summed E-state index contributed by atoms with van der Waals surface area (Å²) >= 11 is 0. The molecule has 0 aliphatic carbocycles. The third kappa shape index (κ3) is 6.19. The predicted molar refractivity (Wildman–Crippen MR) is 127 cm³/mol. The van der Waals surface area contributed by atoms with Crippen molar-refractivity contribution in [3.8, 4) is 0 Å². The van der Waals surface area contributed by atoms with Crippen molar-refractivity contribution in [2.24, 2.45) is 5.92 Å². The smallest absolute Gasteiger partial charge is 0.352 e. The highest BCUT2D eigenvalue weighted by molar-refractivity contribution is 5.79. The summed E-state index contributed by atoms with van der Waals surface area (Å²) in [5.41, 5.74) is -0.646. The van der Waals surface area contributed by atoms with Gasteiger partial charge >= 0.3 is 6.18 Å². The minimum absolute atomic E-state index is 0.0690. The molecule has 2 aliphatic rings. The van der Waals surface area contributed by atoms with Gasteiger partial charge < -0.3 is 20.0 Å². The Balaban J connectivity index is 1.36. The standard InChI is InChI=1S/C24H32F3N7O/c1-3-20-29-22(31-23(30-20)34-14-12-32(2)13-15-34)33-10-8-17(9-11-33)21(35)28-16-18-6-4-5-7-19(18)24(25,26)27/h4-7,17H,3,8-16H2,1-2H3,(H,28,35). The third-order valence-electron chi connectivity index (χ3n) is 6.68. The molecule has 2 saturated heterocycles. The Hall–Kier alpha value is -2.95. The monoisotopic (exact) mass is 491 g/mol. The van der Waals surface area contributed by atoms with Crippen LogP contribution in [0.3, 0.4) is 0 Å². The molecule has 1 amide bonds. The zero-order chi connectivity index (χ0) is 25.0. The number of carbonyl (C=O) groups excluding carboxylic acids is 1. The molecule has 0 unspecified atom stereocenters. The van der Waals surface area contributed by atoms with Gasteiger partial charge in [0.15, 0.2) is 0 Å². The molecule has 3 heterocycles. The van der Waals surface area contributed by atoms with Crippen LogP contribution < -0.4 is 15.1 Å². The second kappa shape index (κ2) is 10.8. The molecule has 2 aromatic rings. The second-order valence-electron chi connectivity index (χ2n) is 9.13. The Morgan fingerprint density at radius 1 is 0.971 bits per heavy atom. The van der Waals surface area contributed by atoms with E-state index in [4.69, 9.17) is 4.98 Å². The number of rotatable bonds is 6. The van der Waals surface area contributed by atoms with Crippen molar-refractivity contribution in [3.05, 3.63) is 41.2 Å². The highest BCUT2D eigenvalue weighted by Gasteiger charge is 2.33. The molecular weight excluding hydrogens is 459 g/mol. The van der Waals surface area contributed by atoms with Gasteiger partial charge in [-0.25, -0.2) is 0 Å². The first-order chi connectivity index (χ1) is 16.7. The van der Waals surface area contributed by atoms with E-state index in [1.165, 1.54) is 12.1 Å². The van der Waals surface area contributed by atoms with E-state index in [-0.39, 0.29) is 23.9 Å². The van der Waals surface area contributed by atoms with Crippen molar-refractivity contribution in [2.45, 2.75) is 38.9 Å². The van der Waals surface area contributed by atoms with Gasteiger partial charge in [0.05, 0.1) is 5.56 Å². The van der Waals surface area contributed by atoms with Crippen LogP contribution in [0, 0.1) is 5.92 Å². The summed E-state index contributed by atoms with van der Waals surface area (Å²) in [7, 11) is 2.10. The first kappa shape index (κ1) is 25.2.